The van der Waals surface area contributed by atoms with Gasteiger partial charge in [-0.05, 0) is 42.5 Å². The van der Waals surface area contributed by atoms with E-state index in [4.69, 9.17) is 26.4 Å². The lowest BCUT2D eigenvalue weighted by Crippen LogP contribution is -2.50. The molecule has 0 unspecified atom stereocenters. The Labute approximate surface area is 243 Å². The number of methoxy groups -OCH3 is 2. The Hall–Kier alpha value is -3.72. The number of piperazine rings is 1. The third kappa shape index (κ3) is 5.23. The number of aromatic amines is 1. The predicted octanol–water partition coefficient (Wildman–Crippen LogP) is 2.67. The molecule has 0 bridgehead atoms. The van der Waals surface area contributed by atoms with Crippen molar-refractivity contribution >= 4 is 60.8 Å². The highest BCUT2D eigenvalue weighted by Crippen LogP contribution is 2.38. The molecule has 2 saturated heterocycles. The molecule has 4 aromatic rings. The Morgan fingerprint density at radius 2 is 1.66 bits per heavy atom. The van der Waals surface area contributed by atoms with Crippen molar-refractivity contribution in [3.8, 4) is 11.5 Å². The molecule has 2 aromatic carbocycles. The summed E-state index contributed by atoms with van der Waals surface area (Å²) in [6, 6.07) is 10.6. The lowest BCUT2D eigenvalue weighted by Gasteiger charge is -2.37. The minimum absolute atomic E-state index is 0.258. The smallest absolute Gasteiger partial charge is 0.243 e. The van der Waals surface area contributed by atoms with Crippen molar-refractivity contribution in [2.75, 3.05) is 76.9 Å². The molecule has 41 heavy (non-hydrogen) atoms. The molecule has 2 N–H and O–H groups in total. The number of nitrogens with one attached hydrogen (secondary N) is 2. The lowest BCUT2D eigenvalue weighted by molar-refractivity contribution is 0.0730. The van der Waals surface area contributed by atoms with Crippen molar-refractivity contribution in [1.82, 2.24) is 24.2 Å². The zero-order valence-electron chi connectivity index (χ0n) is 22.8. The fraction of sp³-hybridized carbons (Fsp3) is 0.370. The van der Waals surface area contributed by atoms with Crippen LogP contribution in [0, 0.1) is 0 Å². The fourth-order valence-electron chi connectivity index (χ4n) is 5.25. The molecular formula is C27H31N7O5S2. The van der Waals surface area contributed by atoms with Gasteiger partial charge in [-0.1, -0.05) is 0 Å². The molecule has 0 amide bonds. The molecule has 2 aromatic heterocycles. The van der Waals surface area contributed by atoms with Gasteiger partial charge >= 0.3 is 0 Å². The van der Waals surface area contributed by atoms with Crippen molar-refractivity contribution in [2.24, 2.45) is 0 Å². The summed E-state index contributed by atoms with van der Waals surface area (Å²) in [4.78, 5) is 17.1. The maximum atomic E-state index is 12.9. The molecule has 216 valence electrons. The van der Waals surface area contributed by atoms with E-state index in [0.717, 1.165) is 33.4 Å². The first-order valence-corrected chi connectivity index (χ1v) is 15.1. The number of aromatic nitrogens is 3. The van der Waals surface area contributed by atoms with E-state index in [0.29, 0.717) is 69.1 Å². The van der Waals surface area contributed by atoms with Crippen LogP contribution in [0.5, 0.6) is 11.5 Å². The Kier molecular flexibility index (Phi) is 7.55. The summed E-state index contributed by atoms with van der Waals surface area (Å²) < 4.78 is 43.5. The molecule has 0 radical (unpaired) electrons. The molecule has 14 heteroatoms. The number of morpholine rings is 1. The summed E-state index contributed by atoms with van der Waals surface area (Å²) in [6.07, 6.45) is 1.57. The van der Waals surface area contributed by atoms with Crippen LogP contribution >= 0.6 is 12.2 Å². The van der Waals surface area contributed by atoms with Gasteiger partial charge in [0.25, 0.3) is 0 Å². The maximum absolute atomic E-state index is 12.9. The Bertz CT molecular complexity index is 1680. The molecule has 0 saturated carbocycles. The maximum Gasteiger partial charge on any atom is 0.243 e. The van der Waals surface area contributed by atoms with Crippen LogP contribution in [0.2, 0.25) is 0 Å². The van der Waals surface area contributed by atoms with Gasteiger partial charge in [0, 0.05) is 56.4 Å². The highest BCUT2D eigenvalue weighted by Gasteiger charge is 2.27. The molecule has 6 rings (SSSR count). The van der Waals surface area contributed by atoms with E-state index in [1.165, 1.54) is 4.31 Å². The average molecular weight is 598 g/mol. The van der Waals surface area contributed by atoms with Gasteiger partial charge in [0.15, 0.2) is 16.6 Å². The Morgan fingerprint density at radius 1 is 0.976 bits per heavy atom. The van der Waals surface area contributed by atoms with Crippen LogP contribution < -0.4 is 19.7 Å². The number of fused-ring (bicyclic) bond motifs is 3. The zero-order valence-corrected chi connectivity index (χ0v) is 24.4. The van der Waals surface area contributed by atoms with Crippen LogP contribution in [0.25, 0.3) is 21.9 Å². The first kappa shape index (κ1) is 27.4. The number of rotatable bonds is 6. The minimum Gasteiger partial charge on any atom is -0.493 e. The van der Waals surface area contributed by atoms with E-state index < -0.39 is 10.0 Å². The highest BCUT2D eigenvalue weighted by molar-refractivity contribution is 7.89. The van der Waals surface area contributed by atoms with Crippen LogP contribution in [0.15, 0.2) is 47.6 Å². The topological polar surface area (TPSA) is 125 Å². The van der Waals surface area contributed by atoms with Crippen LogP contribution in [0.3, 0.4) is 0 Å². The first-order chi connectivity index (χ1) is 19.9. The van der Waals surface area contributed by atoms with E-state index in [1.54, 1.807) is 44.8 Å². The third-order valence-corrected chi connectivity index (χ3v) is 9.73. The number of anilines is 2. The van der Waals surface area contributed by atoms with Gasteiger partial charge in [-0.25, -0.2) is 18.4 Å². The number of ether oxygens (including phenoxy) is 3. The predicted molar refractivity (Wildman–Crippen MR) is 161 cm³/mol. The summed E-state index contributed by atoms with van der Waals surface area (Å²) in [6.45, 7) is 4.36. The molecule has 12 nitrogen and oxygen atoms in total. The number of nitrogens with zero attached hydrogens (tertiary/aromatic N) is 5. The van der Waals surface area contributed by atoms with Crippen molar-refractivity contribution in [3.63, 3.8) is 0 Å². The van der Waals surface area contributed by atoms with Crippen LogP contribution in [0.4, 0.5) is 11.5 Å². The number of H-pyrrole nitrogens is 1. The largest absolute Gasteiger partial charge is 0.493 e. The minimum atomic E-state index is -3.54. The Morgan fingerprint density at radius 3 is 2.34 bits per heavy atom. The fourth-order valence-corrected chi connectivity index (χ4v) is 6.95. The van der Waals surface area contributed by atoms with E-state index in [-0.39, 0.29) is 4.90 Å². The van der Waals surface area contributed by atoms with Gasteiger partial charge in [-0.3, -0.25) is 0 Å². The van der Waals surface area contributed by atoms with Gasteiger partial charge in [0.1, 0.15) is 17.8 Å². The quantitative estimate of drug-likeness (QED) is 0.319. The SMILES string of the molecule is COc1cc2[nH]c3ncnc(N4CCN(C(=S)Nc5ccc(S(=O)(=O)N6CCOCC6)cc5)CC4)c3c2cc1OC. The summed E-state index contributed by atoms with van der Waals surface area (Å²) in [7, 11) is -0.310. The van der Waals surface area contributed by atoms with Gasteiger partial charge in [-0.15, -0.1) is 0 Å². The number of hydrogen-bond donors (Lipinski definition) is 2. The molecule has 2 aliphatic rings. The monoisotopic (exact) mass is 597 g/mol. The van der Waals surface area contributed by atoms with E-state index in [9.17, 15) is 8.42 Å². The van der Waals surface area contributed by atoms with Crippen molar-refractivity contribution < 1.29 is 22.6 Å². The van der Waals surface area contributed by atoms with E-state index >= 15 is 0 Å². The number of sulfonamides is 1. The second-order valence-corrected chi connectivity index (χ2v) is 12.1. The van der Waals surface area contributed by atoms with E-state index in [1.807, 2.05) is 12.1 Å². The molecule has 2 aliphatic heterocycles. The molecular weight excluding hydrogens is 566 g/mol. The molecule has 2 fully saturated rings. The standard InChI is InChI=1S/C27H31N7O5S2/c1-37-22-15-20-21(16-23(22)38-2)31-25-24(20)26(29-17-28-25)32-7-9-33(10-8-32)27(40)30-18-3-5-19(6-4-18)41(35,36)34-11-13-39-14-12-34/h3-6,15-17H,7-14H2,1-2H3,(H,30,40)(H,28,29,31). The zero-order chi connectivity index (χ0) is 28.6. The van der Waals surface area contributed by atoms with Crippen LogP contribution in [-0.2, 0) is 14.8 Å². The van der Waals surface area contributed by atoms with E-state index in [2.05, 4.69) is 30.1 Å². The number of thiocarbonyl (C=S) groups is 1. The average Bonchev–Trinajstić information content (AvgIpc) is 3.38. The normalized spacial score (nSPS) is 16.7. The molecule has 0 spiro atoms. The third-order valence-electron chi connectivity index (χ3n) is 7.45. The van der Waals surface area contributed by atoms with Gasteiger partial charge < -0.3 is 34.3 Å². The summed E-state index contributed by atoms with van der Waals surface area (Å²) in [5.41, 5.74) is 2.38. The van der Waals surface area contributed by atoms with Crippen molar-refractivity contribution in [1.29, 1.82) is 0 Å². The second kappa shape index (κ2) is 11.3. The van der Waals surface area contributed by atoms with Gasteiger partial charge in [-0.2, -0.15) is 4.31 Å². The summed E-state index contributed by atoms with van der Waals surface area (Å²) in [5, 5.41) is 5.74. The van der Waals surface area contributed by atoms with Gasteiger partial charge in [0.2, 0.25) is 10.0 Å². The van der Waals surface area contributed by atoms with Crippen molar-refractivity contribution in [3.05, 3.63) is 42.7 Å². The Balaban J connectivity index is 1.13. The highest BCUT2D eigenvalue weighted by atomic mass is 32.2. The first-order valence-electron chi connectivity index (χ1n) is 13.3. The van der Waals surface area contributed by atoms with Gasteiger partial charge in [0.05, 0.1) is 43.2 Å². The summed E-state index contributed by atoms with van der Waals surface area (Å²) in [5.74, 6) is 2.14. The second-order valence-electron chi connectivity index (χ2n) is 9.74. The number of benzene rings is 2. The van der Waals surface area contributed by atoms with Crippen molar-refractivity contribution in [2.45, 2.75) is 4.90 Å². The molecule has 0 atom stereocenters. The molecule has 4 heterocycles. The number of hydrogen-bond acceptors (Lipinski definition) is 9. The van der Waals surface area contributed by atoms with Crippen LogP contribution in [-0.4, -0.2) is 104 Å². The molecule has 0 aliphatic carbocycles. The van der Waals surface area contributed by atoms with Crippen LogP contribution in [0.1, 0.15) is 0 Å². The lowest BCUT2D eigenvalue weighted by atomic mass is 10.1. The summed E-state index contributed by atoms with van der Waals surface area (Å²) >= 11 is 5.70.